The molecule has 2 N–H and O–H groups in total. The van der Waals surface area contributed by atoms with E-state index in [4.69, 9.17) is 4.74 Å². The first-order valence-electron chi connectivity index (χ1n) is 7.20. The van der Waals surface area contributed by atoms with Crippen LogP contribution >= 0.6 is 0 Å². The molecule has 2 aliphatic heterocycles. The lowest BCUT2D eigenvalue weighted by Crippen LogP contribution is -2.52. The van der Waals surface area contributed by atoms with Gasteiger partial charge in [0.15, 0.2) is 5.82 Å². The summed E-state index contributed by atoms with van der Waals surface area (Å²) < 4.78 is 6.73. The van der Waals surface area contributed by atoms with Crippen LogP contribution in [-0.2, 0) is 4.74 Å². The molecule has 11 heteroatoms. The molecule has 2 aromatic heterocycles. The molecule has 1 spiro atoms. The standard InChI is InChI=1S/C12H14N8O3/c21-10(8-4-14-16-9(8)20-7-15-17-18-20)19-3-1-2-12(6-19)5-13-11(22)23-12/h4,7H,1-3,5-6H2,(H,13,22)(H,14,16)/t12-/m1/s1. The molecule has 0 unspecified atom stereocenters. The second kappa shape index (κ2) is 5.04. The lowest BCUT2D eigenvalue weighted by Gasteiger charge is -2.38. The van der Waals surface area contributed by atoms with Gasteiger partial charge in [-0.05, 0) is 23.3 Å². The molecule has 0 saturated carbocycles. The summed E-state index contributed by atoms with van der Waals surface area (Å²) in [5.41, 5.74) is -0.268. The van der Waals surface area contributed by atoms with Crippen molar-refractivity contribution in [1.82, 2.24) is 40.6 Å². The van der Waals surface area contributed by atoms with Gasteiger partial charge in [0.1, 0.15) is 17.5 Å². The summed E-state index contributed by atoms with van der Waals surface area (Å²) in [4.78, 5) is 25.8. The molecule has 2 saturated heterocycles. The molecule has 0 aromatic carbocycles. The van der Waals surface area contributed by atoms with Crippen LogP contribution in [0.25, 0.3) is 5.82 Å². The highest BCUT2D eigenvalue weighted by Gasteiger charge is 2.45. The Kier molecular flexibility index (Phi) is 2.99. The van der Waals surface area contributed by atoms with Gasteiger partial charge in [0.05, 0.1) is 19.3 Å². The predicted molar refractivity (Wildman–Crippen MR) is 73.7 cm³/mol. The number of ether oxygens (including phenoxy) is 1. The van der Waals surface area contributed by atoms with E-state index in [1.165, 1.54) is 17.2 Å². The maximum atomic E-state index is 12.8. The first kappa shape index (κ1) is 13.7. The first-order valence-corrected chi connectivity index (χ1v) is 7.20. The number of nitrogens with zero attached hydrogens (tertiary/aromatic N) is 6. The van der Waals surface area contributed by atoms with E-state index in [1.807, 2.05) is 0 Å². The van der Waals surface area contributed by atoms with Gasteiger partial charge in [0.2, 0.25) is 0 Å². The zero-order chi connectivity index (χ0) is 15.9. The Morgan fingerprint density at radius 3 is 3.09 bits per heavy atom. The van der Waals surface area contributed by atoms with Gasteiger partial charge in [-0.15, -0.1) is 5.10 Å². The number of piperidine rings is 1. The van der Waals surface area contributed by atoms with E-state index in [9.17, 15) is 9.59 Å². The largest absolute Gasteiger partial charge is 0.439 e. The number of carbonyl (C=O) groups is 2. The molecule has 2 amide bonds. The van der Waals surface area contributed by atoms with E-state index < -0.39 is 11.7 Å². The second-order valence-electron chi connectivity index (χ2n) is 5.64. The summed E-state index contributed by atoms with van der Waals surface area (Å²) >= 11 is 0. The van der Waals surface area contributed by atoms with E-state index >= 15 is 0 Å². The number of nitrogens with one attached hydrogen (secondary N) is 2. The Hall–Kier alpha value is -2.98. The summed E-state index contributed by atoms with van der Waals surface area (Å²) in [5, 5.41) is 20.2. The fraction of sp³-hybridized carbons (Fsp3) is 0.500. The minimum atomic E-state index is -0.635. The fourth-order valence-electron chi connectivity index (χ4n) is 3.05. The van der Waals surface area contributed by atoms with Gasteiger partial charge >= 0.3 is 6.09 Å². The lowest BCUT2D eigenvalue weighted by molar-refractivity contribution is -0.00504. The Balaban J connectivity index is 1.58. The summed E-state index contributed by atoms with van der Waals surface area (Å²) in [6.07, 6.45) is 3.89. The molecule has 120 valence electrons. The number of rotatable bonds is 2. The highest BCUT2D eigenvalue weighted by molar-refractivity contribution is 5.97. The van der Waals surface area contributed by atoms with Crippen molar-refractivity contribution in [3.8, 4) is 5.82 Å². The molecule has 2 aromatic rings. The highest BCUT2D eigenvalue weighted by atomic mass is 16.6. The predicted octanol–water partition coefficient (Wildman–Crippen LogP) is -0.900. The van der Waals surface area contributed by atoms with E-state index in [2.05, 4.69) is 31.0 Å². The normalized spacial score (nSPS) is 23.8. The summed E-state index contributed by atoms with van der Waals surface area (Å²) in [6.45, 7) is 1.37. The average Bonchev–Trinajstić information content (AvgIpc) is 3.27. The van der Waals surface area contributed by atoms with Crippen LogP contribution in [0.4, 0.5) is 4.79 Å². The van der Waals surface area contributed by atoms with Crippen molar-refractivity contribution in [3.05, 3.63) is 18.1 Å². The number of hydrogen-bond donors (Lipinski definition) is 2. The molecule has 4 heterocycles. The van der Waals surface area contributed by atoms with Crippen LogP contribution in [0.1, 0.15) is 23.2 Å². The van der Waals surface area contributed by atoms with Crippen molar-refractivity contribution in [2.24, 2.45) is 0 Å². The van der Waals surface area contributed by atoms with E-state index in [0.29, 0.717) is 31.0 Å². The molecule has 2 aliphatic rings. The quantitative estimate of drug-likeness (QED) is 0.733. The third kappa shape index (κ3) is 2.29. The van der Waals surface area contributed by atoms with Crippen LogP contribution < -0.4 is 5.32 Å². The van der Waals surface area contributed by atoms with Gasteiger partial charge in [-0.3, -0.25) is 9.89 Å². The van der Waals surface area contributed by atoms with Crippen molar-refractivity contribution in [1.29, 1.82) is 0 Å². The molecule has 0 aliphatic carbocycles. The number of aromatic nitrogens is 6. The third-order valence-electron chi connectivity index (χ3n) is 4.12. The van der Waals surface area contributed by atoms with Crippen LogP contribution in [0.3, 0.4) is 0 Å². The number of tetrazole rings is 1. The minimum absolute atomic E-state index is 0.203. The van der Waals surface area contributed by atoms with E-state index in [1.54, 1.807) is 4.90 Å². The molecule has 1 atom stereocenters. The summed E-state index contributed by atoms with van der Waals surface area (Å²) in [5.74, 6) is 0.201. The van der Waals surface area contributed by atoms with Crippen LogP contribution in [0, 0.1) is 0 Å². The molecule has 0 radical (unpaired) electrons. The molecule has 23 heavy (non-hydrogen) atoms. The first-order chi connectivity index (χ1) is 11.2. The monoisotopic (exact) mass is 318 g/mol. The lowest BCUT2D eigenvalue weighted by atomic mass is 9.92. The number of amides is 2. The molecule has 4 rings (SSSR count). The molecule has 0 bridgehead atoms. The maximum Gasteiger partial charge on any atom is 0.407 e. The topological polar surface area (TPSA) is 131 Å². The van der Waals surface area contributed by atoms with Crippen molar-refractivity contribution < 1.29 is 14.3 Å². The second-order valence-corrected chi connectivity index (χ2v) is 5.64. The minimum Gasteiger partial charge on any atom is -0.439 e. The van der Waals surface area contributed by atoms with Crippen molar-refractivity contribution in [3.63, 3.8) is 0 Å². The van der Waals surface area contributed by atoms with Crippen LogP contribution in [-0.4, -0.2) is 72.5 Å². The zero-order valence-corrected chi connectivity index (χ0v) is 12.1. The SMILES string of the molecule is O=C1NC[C@@]2(CCCN(C(=O)c3cn[nH]c3-n3cnnn3)C2)O1. The fourth-order valence-corrected chi connectivity index (χ4v) is 3.05. The van der Waals surface area contributed by atoms with Gasteiger partial charge in [-0.2, -0.15) is 9.78 Å². The third-order valence-corrected chi connectivity index (χ3v) is 4.12. The number of hydrogen-bond acceptors (Lipinski definition) is 7. The van der Waals surface area contributed by atoms with Gasteiger partial charge in [-0.1, -0.05) is 0 Å². The van der Waals surface area contributed by atoms with E-state index in [0.717, 1.165) is 12.8 Å². The molecular formula is C12H14N8O3. The molecular weight excluding hydrogens is 304 g/mol. The summed E-state index contributed by atoms with van der Waals surface area (Å²) in [7, 11) is 0. The van der Waals surface area contributed by atoms with Gasteiger partial charge < -0.3 is 15.0 Å². The highest BCUT2D eigenvalue weighted by Crippen LogP contribution is 2.29. The number of carbonyl (C=O) groups excluding carboxylic acids is 2. The Labute approximate surface area is 130 Å². The van der Waals surface area contributed by atoms with Crippen LogP contribution in [0.2, 0.25) is 0 Å². The molecule has 11 nitrogen and oxygen atoms in total. The van der Waals surface area contributed by atoms with Crippen molar-refractivity contribution >= 4 is 12.0 Å². The van der Waals surface area contributed by atoms with Crippen LogP contribution in [0.15, 0.2) is 12.5 Å². The number of aromatic amines is 1. The van der Waals surface area contributed by atoms with Crippen molar-refractivity contribution in [2.45, 2.75) is 18.4 Å². The Morgan fingerprint density at radius 2 is 2.35 bits per heavy atom. The van der Waals surface area contributed by atoms with Gasteiger partial charge in [0, 0.05) is 6.54 Å². The number of H-pyrrole nitrogens is 1. The van der Waals surface area contributed by atoms with Crippen LogP contribution in [0.5, 0.6) is 0 Å². The Morgan fingerprint density at radius 1 is 1.43 bits per heavy atom. The number of likely N-dealkylation sites (tertiary alicyclic amines) is 1. The van der Waals surface area contributed by atoms with E-state index in [-0.39, 0.29) is 5.91 Å². The Bertz CT molecular complexity index is 741. The van der Waals surface area contributed by atoms with Gasteiger partial charge in [-0.25, -0.2) is 4.79 Å². The van der Waals surface area contributed by atoms with Crippen molar-refractivity contribution in [2.75, 3.05) is 19.6 Å². The maximum absolute atomic E-state index is 12.8. The molecule has 2 fully saturated rings. The smallest absolute Gasteiger partial charge is 0.407 e. The summed E-state index contributed by atoms with van der Waals surface area (Å²) in [6, 6.07) is 0. The van der Waals surface area contributed by atoms with Gasteiger partial charge in [0.25, 0.3) is 5.91 Å². The number of alkyl carbamates (subject to hydrolysis) is 1. The average molecular weight is 318 g/mol. The zero-order valence-electron chi connectivity index (χ0n) is 12.1.